The summed E-state index contributed by atoms with van der Waals surface area (Å²) in [4.78, 5) is 4.30. The Morgan fingerprint density at radius 2 is 1.86 bits per heavy atom. The normalized spacial score (nSPS) is 12.1. The molecule has 0 saturated carbocycles. The van der Waals surface area contributed by atoms with Gasteiger partial charge in [-0.3, -0.25) is 4.98 Å². The number of benzene rings is 1. The number of rotatable bonds is 7. The van der Waals surface area contributed by atoms with Gasteiger partial charge in [0, 0.05) is 6.20 Å². The van der Waals surface area contributed by atoms with E-state index in [0.717, 1.165) is 30.8 Å². The summed E-state index contributed by atoms with van der Waals surface area (Å²) in [5.41, 5.74) is 3.71. The lowest BCUT2D eigenvalue weighted by atomic mass is 9.98. The number of nitrogens with zero attached hydrogens (tertiary/aromatic N) is 1. The van der Waals surface area contributed by atoms with Crippen LogP contribution in [0.2, 0.25) is 0 Å². The molecular weight excluding hydrogens is 260 g/mol. The van der Waals surface area contributed by atoms with Crippen LogP contribution in [0.25, 0.3) is 0 Å². The highest BCUT2D eigenvalue weighted by Gasteiger charge is 2.13. The van der Waals surface area contributed by atoms with Crippen LogP contribution in [0.1, 0.15) is 43.0 Å². The van der Waals surface area contributed by atoms with Crippen LogP contribution in [0, 0.1) is 0 Å². The lowest BCUT2D eigenvalue weighted by Crippen LogP contribution is -2.18. The van der Waals surface area contributed by atoms with Crippen LogP contribution in [0.5, 0.6) is 5.75 Å². The Hall–Kier alpha value is -1.87. The largest absolute Gasteiger partial charge is 0.492 e. The van der Waals surface area contributed by atoms with Gasteiger partial charge in [0.05, 0.1) is 18.8 Å². The molecule has 2 aromatic rings. The zero-order valence-electron chi connectivity index (χ0n) is 13.1. The Morgan fingerprint density at radius 1 is 1.10 bits per heavy atom. The van der Waals surface area contributed by atoms with E-state index in [4.69, 9.17) is 4.74 Å². The molecule has 0 fully saturated rings. The fourth-order valence-electron chi connectivity index (χ4n) is 2.36. The molecule has 1 unspecified atom stereocenters. The van der Waals surface area contributed by atoms with Crippen LogP contribution in [0.3, 0.4) is 0 Å². The first kappa shape index (κ1) is 15.5. The Bertz CT molecular complexity index is 551. The molecule has 2 rings (SSSR count). The number of pyridine rings is 1. The third kappa shape index (κ3) is 4.05. The van der Waals surface area contributed by atoms with Crippen molar-refractivity contribution in [3.63, 3.8) is 0 Å². The summed E-state index contributed by atoms with van der Waals surface area (Å²) < 4.78 is 5.67. The van der Waals surface area contributed by atoms with Gasteiger partial charge in [0.25, 0.3) is 0 Å². The predicted molar refractivity (Wildman–Crippen MR) is 86.7 cm³/mol. The number of aryl methyl sites for hydroxylation is 1. The monoisotopic (exact) mass is 284 g/mol. The fourth-order valence-corrected chi connectivity index (χ4v) is 2.36. The van der Waals surface area contributed by atoms with Crippen molar-refractivity contribution in [1.29, 1.82) is 0 Å². The lowest BCUT2D eigenvalue weighted by molar-refractivity contribution is 0.315. The highest BCUT2D eigenvalue weighted by Crippen LogP contribution is 2.24. The van der Waals surface area contributed by atoms with E-state index >= 15 is 0 Å². The van der Waals surface area contributed by atoms with Crippen molar-refractivity contribution in [2.75, 3.05) is 13.7 Å². The van der Waals surface area contributed by atoms with E-state index in [1.165, 1.54) is 11.1 Å². The fraction of sp³-hybridized carbons (Fsp3) is 0.389. The number of hydrogen-bond donors (Lipinski definition) is 1. The summed E-state index contributed by atoms with van der Waals surface area (Å²) in [6, 6.07) is 10.9. The van der Waals surface area contributed by atoms with E-state index < -0.39 is 0 Å². The topological polar surface area (TPSA) is 34.1 Å². The van der Waals surface area contributed by atoms with Crippen molar-refractivity contribution in [3.05, 3.63) is 59.4 Å². The van der Waals surface area contributed by atoms with Gasteiger partial charge in [-0.2, -0.15) is 0 Å². The molecule has 1 aromatic carbocycles. The highest BCUT2D eigenvalue weighted by atomic mass is 16.5. The van der Waals surface area contributed by atoms with E-state index in [1.807, 2.05) is 13.2 Å². The van der Waals surface area contributed by atoms with Gasteiger partial charge >= 0.3 is 0 Å². The minimum absolute atomic E-state index is 0.133. The molecule has 1 heterocycles. The minimum atomic E-state index is 0.133. The summed E-state index contributed by atoms with van der Waals surface area (Å²) in [6.45, 7) is 4.99. The Labute approximate surface area is 127 Å². The maximum absolute atomic E-state index is 5.67. The van der Waals surface area contributed by atoms with Crippen molar-refractivity contribution in [3.8, 4) is 5.75 Å². The summed E-state index contributed by atoms with van der Waals surface area (Å²) in [7, 11) is 1.97. The predicted octanol–water partition coefficient (Wildman–Crippen LogP) is 3.74. The molecule has 0 amide bonds. The Balaban J connectivity index is 2.23. The number of hydrogen-bond acceptors (Lipinski definition) is 3. The SMILES string of the molecule is CCCOc1cncc(C(NC)c2ccc(CC)cc2)c1. The summed E-state index contributed by atoms with van der Waals surface area (Å²) in [5.74, 6) is 0.833. The molecular formula is C18H24N2O. The average Bonchev–Trinajstić information content (AvgIpc) is 2.55. The van der Waals surface area contributed by atoms with Crippen LogP contribution >= 0.6 is 0 Å². The smallest absolute Gasteiger partial charge is 0.137 e. The minimum Gasteiger partial charge on any atom is -0.492 e. The van der Waals surface area contributed by atoms with Gasteiger partial charge in [0.1, 0.15) is 5.75 Å². The van der Waals surface area contributed by atoms with Gasteiger partial charge < -0.3 is 10.1 Å². The van der Waals surface area contributed by atoms with E-state index in [9.17, 15) is 0 Å². The molecule has 0 spiro atoms. The van der Waals surface area contributed by atoms with Gasteiger partial charge in [-0.25, -0.2) is 0 Å². The summed E-state index contributed by atoms with van der Waals surface area (Å²) >= 11 is 0. The highest BCUT2D eigenvalue weighted by molar-refractivity contribution is 5.35. The molecule has 0 aliphatic heterocycles. The molecule has 3 heteroatoms. The first-order chi connectivity index (χ1) is 10.3. The van der Waals surface area contributed by atoms with Gasteiger partial charge in [0.2, 0.25) is 0 Å². The quantitative estimate of drug-likeness (QED) is 0.841. The van der Waals surface area contributed by atoms with E-state index in [2.05, 4.69) is 54.5 Å². The van der Waals surface area contributed by atoms with Gasteiger partial charge in [-0.05, 0) is 42.6 Å². The molecule has 0 aliphatic rings. The average molecular weight is 284 g/mol. The van der Waals surface area contributed by atoms with Crippen LogP contribution in [-0.4, -0.2) is 18.6 Å². The van der Waals surface area contributed by atoms with Gasteiger partial charge in [-0.1, -0.05) is 38.1 Å². The van der Waals surface area contributed by atoms with Crippen LogP contribution in [0.15, 0.2) is 42.7 Å². The zero-order chi connectivity index (χ0) is 15.1. The Kier molecular flexibility index (Phi) is 5.76. The van der Waals surface area contributed by atoms with Crippen molar-refractivity contribution >= 4 is 0 Å². The van der Waals surface area contributed by atoms with Crippen LogP contribution in [0.4, 0.5) is 0 Å². The van der Waals surface area contributed by atoms with Gasteiger partial charge in [-0.15, -0.1) is 0 Å². The molecule has 0 saturated heterocycles. The van der Waals surface area contributed by atoms with E-state index in [-0.39, 0.29) is 6.04 Å². The lowest BCUT2D eigenvalue weighted by Gasteiger charge is -2.18. The summed E-state index contributed by atoms with van der Waals surface area (Å²) in [6.07, 6.45) is 5.73. The molecule has 112 valence electrons. The van der Waals surface area contributed by atoms with Crippen LogP contribution < -0.4 is 10.1 Å². The molecule has 21 heavy (non-hydrogen) atoms. The van der Waals surface area contributed by atoms with Crippen LogP contribution in [-0.2, 0) is 6.42 Å². The first-order valence-corrected chi connectivity index (χ1v) is 7.62. The number of aromatic nitrogens is 1. The van der Waals surface area contributed by atoms with Crippen molar-refractivity contribution in [1.82, 2.24) is 10.3 Å². The maximum Gasteiger partial charge on any atom is 0.137 e. The second-order valence-corrected chi connectivity index (χ2v) is 5.12. The van der Waals surface area contributed by atoms with E-state index in [1.54, 1.807) is 6.20 Å². The third-order valence-electron chi connectivity index (χ3n) is 3.55. The second-order valence-electron chi connectivity index (χ2n) is 5.12. The molecule has 0 bridgehead atoms. The molecule has 1 N–H and O–H groups in total. The standard InChI is InChI=1S/C18H24N2O/c1-4-10-21-17-11-16(12-20-13-17)18(19-3)15-8-6-14(5-2)7-9-15/h6-9,11-13,18-19H,4-5,10H2,1-3H3. The van der Waals surface area contributed by atoms with Crippen molar-refractivity contribution in [2.24, 2.45) is 0 Å². The second kappa shape index (κ2) is 7.79. The molecule has 1 atom stereocenters. The Morgan fingerprint density at radius 3 is 2.48 bits per heavy atom. The summed E-state index contributed by atoms with van der Waals surface area (Å²) in [5, 5.41) is 3.36. The zero-order valence-corrected chi connectivity index (χ0v) is 13.1. The number of nitrogens with one attached hydrogen (secondary N) is 1. The molecule has 0 radical (unpaired) electrons. The van der Waals surface area contributed by atoms with E-state index in [0.29, 0.717) is 0 Å². The molecule has 3 nitrogen and oxygen atoms in total. The van der Waals surface area contributed by atoms with Gasteiger partial charge in [0.15, 0.2) is 0 Å². The molecule has 0 aliphatic carbocycles. The third-order valence-corrected chi connectivity index (χ3v) is 3.55. The number of ether oxygens (including phenoxy) is 1. The first-order valence-electron chi connectivity index (χ1n) is 7.62. The van der Waals surface area contributed by atoms with Crippen molar-refractivity contribution < 1.29 is 4.74 Å². The maximum atomic E-state index is 5.67. The van der Waals surface area contributed by atoms with Crippen molar-refractivity contribution in [2.45, 2.75) is 32.7 Å². The molecule has 1 aromatic heterocycles.